The predicted octanol–water partition coefficient (Wildman–Crippen LogP) is 8.93. The molecule has 194 valence electrons. The normalized spacial score (nSPS) is 27.4. The summed E-state index contributed by atoms with van der Waals surface area (Å²) in [4.78, 5) is 15.7. The highest BCUT2D eigenvalue weighted by molar-refractivity contribution is 8.19. The van der Waals surface area contributed by atoms with Crippen molar-refractivity contribution in [3.05, 3.63) is 81.4 Å². The first kappa shape index (κ1) is 25.5. The zero-order chi connectivity index (χ0) is 26.7. The maximum absolute atomic E-state index is 13.6. The van der Waals surface area contributed by atoms with Gasteiger partial charge in [-0.2, -0.15) is 5.10 Å². The Bertz CT molecular complexity index is 1530. The number of amides is 1. The van der Waals surface area contributed by atoms with E-state index >= 15 is 0 Å². The molecule has 38 heavy (non-hydrogen) atoms. The first-order valence-electron chi connectivity index (χ1n) is 12.7. The van der Waals surface area contributed by atoms with E-state index in [-0.39, 0.29) is 16.7 Å². The van der Waals surface area contributed by atoms with Crippen molar-refractivity contribution < 1.29 is 9.21 Å². The summed E-state index contributed by atoms with van der Waals surface area (Å²) in [5.41, 5.74) is 2.83. The molecule has 2 aliphatic carbocycles. The number of rotatable bonds is 4. The maximum atomic E-state index is 13.6. The highest BCUT2D eigenvalue weighted by Crippen LogP contribution is 2.64. The molecule has 2 heterocycles. The molecule has 1 saturated heterocycles. The van der Waals surface area contributed by atoms with Crippen LogP contribution in [0.5, 0.6) is 0 Å². The van der Waals surface area contributed by atoms with Gasteiger partial charge in [-0.1, -0.05) is 68.2 Å². The second kappa shape index (κ2) is 9.44. The fraction of sp³-hybridized carbons (Fsp3) is 0.300. The number of carbonyl (C=O) groups is 1. The quantitative estimate of drug-likeness (QED) is 0.235. The van der Waals surface area contributed by atoms with Crippen molar-refractivity contribution >= 4 is 63.5 Å². The second-order valence-corrected chi connectivity index (χ2v) is 12.6. The number of halogens is 2. The van der Waals surface area contributed by atoms with Crippen molar-refractivity contribution in [2.75, 3.05) is 4.90 Å². The molecule has 1 aliphatic heterocycles. The third-order valence-corrected chi connectivity index (χ3v) is 10.5. The van der Waals surface area contributed by atoms with E-state index in [4.69, 9.17) is 32.7 Å². The van der Waals surface area contributed by atoms with Gasteiger partial charge in [0.25, 0.3) is 5.91 Å². The molecule has 5 nitrogen and oxygen atoms in total. The Balaban J connectivity index is 1.35. The third-order valence-electron chi connectivity index (χ3n) is 8.71. The number of nitrogens with zero attached hydrogens (tertiary/aromatic N) is 3. The maximum Gasteiger partial charge on any atom is 0.271 e. The van der Waals surface area contributed by atoms with Crippen LogP contribution in [0.15, 0.2) is 80.2 Å². The lowest BCUT2D eigenvalue weighted by atomic mass is 9.70. The monoisotopic (exact) mass is 563 g/mol. The van der Waals surface area contributed by atoms with Crippen LogP contribution >= 0.6 is 35.0 Å². The van der Waals surface area contributed by atoms with E-state index in [1.807, 2.05) is 54.6 Å². The number of carbonyl (C=O) groups excluding carboxylic acids is 1. The predicted molar refractivity (Wildman–Crippen MR) is 158 cm³/mol. The number of para-hydroxylation sites is 1. The summed E-state index contributed by atoms with van der Waals surface area (Å²) < 4.78 is 6.03. The Kier molecular flexibility index (Phi) is 6.33. The Morgan fingerprint density at radius 2 is 1.82 bits per heavy atom. The number of thioether (sulfide) groups is 1. The minimum atomic E-state index is -0.168. The smallest absolute Gasteiger partial charge is 0.271 e. The van der Waals surface area contributed by atoms with Crippen LogP contribution in [-0.4, -0.2) is 16.8 Å². The van der Waals surface area contributed by atoms with Gasteiger partial charge in [-0.15, -0.1) is 5.10 Å². The van der Waals surface area contributed by atoms with E-state index in [0.717, 1.165) is 24.2 Å². The minimum absolute atomic E-state index is 0.0391. The molecule has 3 fully saturated rings. The number of furan rings is 1. The van der Waals surface area contributed by atoms with Crippen LogP contribution in [0, 0.1) is 16.7 Å². The summed E-state index contributed by atoms with van der Waals surface area (Å²) in [5.74, 6) is 1.58. The number of fused-ring (bicyclic) bond motifs is 2. The van der Waals surface area contributed by atoms with Crippen molar-refractivity contribution in [1.29, 1.82) is 0 Å². The SMILES string of the molecule is CC12CCC(C/C1=N\N=C1\S/C(=C\c3ccc(-c4cccc(Cl)c4Cl)o3)C(=O)N1c1ccccc1)C2(C)C. The van der Waals surface area contributed by atoms with Gasteiger partial charge >= 0.3 is 0 Å². The molecular weight excluding hydrogens is 537 g/mol. The van der Waals surface area contributed by atoms with E-state index in [9.17, 15) is 4.79 Å². The molecule has 1 aromatic heterocycles. The van der Waals surface area contributed by atoms with E-state index < -0.39 is 0 Å². The average molecular weight is 565 g/mol. The Hall–Kier alpha value is -2.80. The summed E-state index contributed by atoms with van der Waals surface area (Å²) in [6, 6.07) is 18.6. The molecule has 0 N–H and O–H groups in total. The standard InChI is InChI=1S/C30H27Cl2N3O2S/c1-29(2)18-14-15-30(29,3)25(16-18)33-34-28-35(19-8-5-4-6-9-19)27(36)24(38-28)17-20-12-13-23(37-20)21-10-7-11-22(31)26(21)32/h4-13,17-18H,14-16H2,1-3H3/b24-17-,33-25+,34-28+. The Morgan fingerprint density at radius 3 is 2.53 bits per heavy atom. The fourth-order valence-corrected chi connectivity index (χ4v) is 7.23. The van der Waals surface area contributed by atoms with Crippen LogP contribution in [-0.2, 0) is 4.79 Å². The summed E-state index contributed by atoms with van der Waals surface area (Å²) in [6.07, 6.45) is 5.07. The molecule has 0 spiro atoms. The number of hydrogen-bond donors (Lipinski definition) is 0. The van der Waals surface area contributed by atoms with Crippen LogP contribution in [0.25, 0.3) is 17.4 Å². The Morgan fingerprint density at radius 1 is 1.03 bits per heavy atom. The van der Waals surface area contributed by atoms with Crippen molar-refractivity contribution in [3.63, 3.8) is 0 Å². The largest absolute Gasteiger partial charge is 0.457 e. The lowest BCUT2D eigenvalue weighted by Gasteiger charge is -2.34. The van der Waals surface area contributed by atoms with Gasteiger partial charge in [-0.25, -0.2) is 0 Å². The molecule has 6 rings (SSSR count). The Labute approximate surface area is 236 Å². The first-order valence-corrected chi connectivity index (χ1v) is 14.2. The average Bonchev–Trinajstić information content (AvgIpc) is 3.59. The van der Waals surface area contributed by atoms with Crippen molar-refractivity contribution in [2.24, 2.45) is 27.0 Å². The molecule has 2 saturated carbocycles. The van der Waals surface area contributed by atoms with Crippen molar-refractivity contribution in [1.82, 2.24) is 0 Å². The first-order chi connectivity index (χ1) is 18.2. The topological polar surface area (TPSA) is 58.2 Å². The number of benzene rings is 2. The van der Waals surface area contributed by atoms with E-state index in [1.165, 1.54) is 18.2 Å². The summed E-state index contributed by atoms with van der Waals surface area (Å²) in [5, 5.41) is 10.9. The van der Waals surface area contributed by atoms with Crippen LogP contribution in [0.2, 0.25) is 10.0 Å². The van der Waals surface area contributed by atoms with E-state index in [2.05, 4.69) is 25.9 Å². The van der Waals surface area contributed by atoms with E-state index in [1.54, 1.807) is 17.0 Å². The number of amidine groups is 1. The molecule has 3 aromatic rings. The summed E-state index contributed by atoms with van der Waals surface area (Å²) in [6.45, 7) is 7.01. The van der Waals surface area contributed by atoms with Gasteiger partial charge in [0, 0.05) is 22.8 Å². The highest BCUT2D eigenvalue weighted by atomic mass is 35.5. The fourth-order valence-electron chi connectivity index (χ4n) is 5.93. The molecule has 8 heteroatoms. The number of anilines is 1. The van der Waals surface area contributed by atoms with Crippen LogP contribution in [0.4, 0.5) is 5.69 Å². The molecular formula is C30H27Cl2N3O2S. The van der Waals surface area contributed by atoms with Gasteiger partial charge < -0.3 is 4.42 Å². The van der Waals surface area contributed by atoms with Crippen LogP contribution < -0.4 is 4.90 Å². The summed E-state index contributed by atoms with van der Waals surface area (Å²) >= 11 is 13.9. The molecule has 1 amide bonds. The van der Waals surface area contributed by atoms with E-state index in [0.29, 0.717) is 43.1 Å². The van der Waals surface area contributed by atoms with Crippen molar-refractivity contribution in [2.45, 2.75) is 40.0 Å². The lowest BCUT2D eigenvalue weighted by Crippen LogP contribution is -2.32. The number of hydrogen-bond acceptors (Lipinski definition) is 5. The van der Waals surface area contributed by atoms with Gasteiger partial charge in [0.15, 0.2) is 0 Å². The molecule has 2 bridgehead atoms. The second-order valence-electron chi connectivity index (χ2n) is 10.8. The van der Waals surface area contributed by atoms with Gasteiger partial charge in [-0.05, 0) is 78.8 Å². The van der Waals surface area contributed by atoms with Crippen molar-refractivity contribution in [3.8, 4) is 11.3 Å². The zero-order valence-corrected chi connectivity index (χ0v) is 23.7. The van der Waals surface area contributed by atoms with Gasteiger partial charge in [0.1, 0.15) is 11.5 Å². The van der Waals surface area contributed by atoms with Gasteiger partial charge in [0.05, 0.1) is 20.6 Å². The summed E-state index contributed by atoms with van der Waals surface area (Å²) in [7, 11) is 0. The van der Waals surface area contributed by atoms with Gasteiger partial charge in [0.2, 0.25) is 5.17 Å². The third kappa shape index (κ3) is 4.05. The molecule has 0 radical (unpaired) electrons. The molecule has 2 atom stereocenters. The van der Waals surface area contributed by atoms with Crippen LogP contribution in [0.3, 0.4) is 0 Å². The highest BCUT2D eigenvalue weighted by Gasteiger charge is 2.60. The lowest BCUT2D eigenvalue weighted by molar-refractivity contribution is -0.113. The zero-order valence-electron chi connectivity index (χ0n) is 21.4. The molecule has 2 unspecified atom stereocenters. The van der Waals surface area contributed by atoms with Gasteiger partial charge in [-0.3, -0.25) is 9.69 Å². The molecule has 3 aliphatic rings. The minimum Gasteiger partial charge on any atom is -0.457 e. The molecule has 2 aromatic carbocycles. The van der Waals surface area contributed by atoms with Crippen LogP contribution in [0.1, 0.15) is 45.8 Å².